The second-order valence-corrected chi connectivity index (χ2v) is 9.83. The van der Waals surface area contributed by atoms with E-state index in [0.717, 1.165) is 37.9 Å². The zero-order valence-corrected chi connectivity index (χ0v) is 16.8. The number of ether oxygens (including phenoxy) is 2. The summed E-state index contributed by atoms with van der Waals surface area (Å²) in [6, 6.07) is 8.53. The van der Waals surface area contributed by atoms with E-state index < -0.39 is 0 Å². The van der Waals surface area contributed by atoms with Crippen molar-refractivity contribution in [1.29, 1.82) is 0 Å². The van der Waals surface area contributed by atoms with Crippen LogP contribution in [0.2, 0.25) is 0 Å². The second kappa shape index (κ2) is 5.74. The van der Waals surface area contributed by atoms with Crippen LogP contribution in [0.5, 0.6) is 5.75 Å². The molecule has 1 aromatic carbocycles. The van der Waals surface area contributed by atoms with Crippen molar-refractivity contribution in [3.63, 3.8) is 0 Å². The molecule has 0 spiro atoms. The zero-order valence-electron chi connectivity index (χ0n) is 16.8. The van der Waals surface area contributed by atoms with E-state index in [0.29, 0.717) is 11.8 Å². The molecule has 3 nitrogen and oxygen atoms in total. The molecule has 2 saturated carbocycles. The Morgan fingerprint density at radius 3 is 2.54 bits per heavy atom. The number of para-hydroxylation sites is 1. The minimum atomic E-state index is -0.151. The number of carbonyl (C=O) groups is 1. The van der Waals surface area contributed by atoms with E-state index in [2.05, 4.69) is 52.0 Å². The Bertz CT molecular complexity index is 724. The van der Waals surface area contributed by atoms with Crippen molar-refractivity contribution in [2.24, 2.45) is 22.7 Å². The summed E-state index contributed by atoms with van der Waals surface area (Å²) >= 11 is 0. The standard InChI is InChI=1S/C23H32O3/c1-15(24)25-20-11-12-22(4)18(21(20,2)3)10-13-23(5)19(22)14-16-8-6-7-9-17(16)26-23/h6-9,18-20H,10-14H2,1-5H3/t18-,19+,20-,22-,23+/m0/s1. The number of hydrogen-bond donors (Lipinski definition) is 0. The van der Waals surface area contributed by atoms with Crippen molar-refractivity contribution in [2.75, 3.05) is 0 Å². The molecule has 4 rings (SSSR count). The van der Waals surface area contributed by atoms with E-state index in [9.17, 15) is 4.79 Å². The summed E-state index contributed by atoms with van der Waals surface area (Å²) in [5, 5.41) is 0. The van der Waals surface area contributed by atoms with Gasteiger partial charge in [-0.1, -0.05) is 39.0 Å². The minimum Gasteiger partial charge on any atom is -0.487 e. The Balaban J connectivity index is 1.70. The Labute approximate surface area is 157 Å². The van der Waals surface area contributed by atoms with Gasteiger partial charge in [0.1, 0.15) is 17.5 Å². The number of rotatable bonds is 1. The Hall–Kier alpha value is -1.51. The van der Waals surface area contributed by atoms with Gasteiger partial charge >= 0.3 is 5.97 Å². The molecule has 3 aliphatic rings. The molecule has 1 aromatic rings. The normalized spacial score (nSPS) is 40.4. The lowest BCUT2D eigenvalue weighted by Gasteiger charge is -2.64. The molecule has 5 atom stereocenters. The van der Waals surface area contributed by atoms with Crippen molar-refractivity contribution in [3.05, 3.63) is 29.8 Å². The topological polar surface area (TPSA) is 35.5 Å². The molecular formula is C23H32O3. The third-order valence-electron chi connectivity index (χ3n) is 7.98. The highest BCUT2D eigenvalue weighted by Crippen LogP contribution is 2.64. The first-order chi connectivity index (χ1) is 12.2. The largest absolute Gasteiger partial charge is 0.487 e. The maximum atomic E-state index is 11.6. The van der Waals surface area contributed by atoms with Crippen molar-refractivity contribution in [2.45, 2.75) is 78.4 Å². The lowest BCUT2D eigenvalue weighted by molar-refractivity contribution is -0.203. The Morgan fingerprint density at radius 2 is 1.81 bits per heavy atom. The summed E-state index contributed by atoms with van der Waals surface area (Å²) in [6.45, 7) is 10.9. The van der Waals surface area contributed by atoms with E-state index in [1.165, 1.54) is 12.5 Å². The first-order valence-corrected chi connectivity index (χ1v) is 10.1. The molecule has 2 fully saturated rings. The minimum absolute atomic E-state index is 0.00301. The van der Waals surface area contributed by atoms with Gasteiger partial charge in [-0.3, -0.25) is 4.79 Å². The molecule has 0 unspecified atom stereocenters. The zero-order chi connectivity index (χ0) is 18.7. The van der Waals surface area contributed by atoms with Gasteiger partial charge < -0.3 is 9.47 Å². The van der Waals surface area contributed by atoms with Gasteiger partial charge in [-0.05, 0) is 62.0 Å². The predicted octanol–water partition coefficient (Wildman–Crippen LogP) is 5.16. The third-order valence-corrected chi connectivity index (χ3v) is 7.98. The molecule has 1 heterocycles. The van der Waals surface area contributed by atoms with Crippen LogP contribution in [0.25, 0.3) is 0 Å². The van der Waals surface area contributed by atoms with Crippen LogP contribution < -0.4 is 4.74 Å². The van der Waals surface area contributed by atoms with Gasteiger partial charge in [0.05, 0.1) is 0 Å². The predicted molar refractivity (Wildman–Crippen MR) is 102 cm³/mol. The van der Waals surface area contributed by atoms with E-state index in [1.807, 2.05) is 0 Å². The summed E-state index contributed by atoms with van der Waals surface area (Å²) in [7, 11) is 0. The number of benzene rings is 1. The first-order valence-electron chi connectivity index (χ1n) is 10.1. The highest BCUT2D eigenvalue weighted by Gasteiger charge is 2.63. The lowest BCUT2D eigenvalue weighted by Crippen LogP contribution is -2.63. The number of esters is 1. The van der Waals surface area contributed by atoms with E-state index in [-0.39, 0.29) is 28.5 Å². The highest BCUT2D eigenvalue weighted by molar-refractivity contribution is 5.66. The molecule has 26 heavy (non-hydrogen) atoms. The highest BCUT2D eigenvalue weighted by atomic mass is 16.5. The maximum Gasteiger partial charge on any atom is 0.302 e. The van der Waals surface area contributed by atoms with Gasteiger partial charge in [0.15, 0.2) is 0 Å². The maximum absolute atomic E-state index is 11.6. The average molecular weight is 357 g/mol. The fraction of sp³-hybridized carbons (Fsp3) is 0.696. The van der Waals surface area contributed by atoms with Gasteiger partial charge in [-0.15, -0.1) is 0 Å². The second-order valence-electron chi connectivity index (χ2n) is 9.83. The fourth-order valence-electron chi connectivity index (χ4n) is 6.71. The molecule has 0 aromatic heterocycles. The van der Waals surface area contributed by atoms with Crippen LogP contribution in [-0.4, -0.2) is 17.7 Å². The van der Waals surface area contributed by atoms with Crippen LogP contribution in [0.3, 0.4) is 0 Å². The van der Waals surface area contributed by atoms with Crippen LogP contribution in [0.1, 0.15) is 65.9 Å². The fourth-order valence-corrected chi connectivity index (χ4v) is 6.71. The molecule has 2 aliphatic carbocycles. The van der Waals surface area contributed by atoms with E-state index >= 15 is 0 Å². The summed E-state index contributed by atoms with van der Waals surface area (Å²) in [5.74, 6) is 1.96. The molecular weight excluding hydrogens is 324 g/mol. The molecule has 142 valence electrons. The first kappa shape index (κ1) is 17.9. The van der Waals surface area contributed by atoms with Gasteiger partial charge in [-0.2, -0.15) is 0 Å². The smallest absolute Gasteiger partial charge is 0.302 e. The van der Waals surface area contributed by atoms with Crippen LogP contribution in [0.15, 0.2) is 24.3 Å². The molecule has 0 amide bonds. The number of fused-ring (bicyclic) bond motifs is 4. The van der Waals surface area contributed by atoms with Crippen LogP contribution >= 0.6 is 0 Å². The average Bonchev–Trinajstić information content (AvgIpc) is 2.55. The van der Waals surface area contributed by atoms with Crippen molar-refractivity contribution < 1.29 is 14.3 Å². The van der Waals surface area contributed by atoms with E-state index in [4.69, 9.17) is 9.47 Å². The van der Waals surface area contributed by atoms with Crippen molar-refractivity contribution in [3.8, 4) is 5.75 Å². The summed E-state index contributed by atoms with van der Waals surface area (Å²) in [5.41, 5.74) is 1.46. The van der Waals surface area contributed by atoms with E-state index in [1.54, 1.807) is 0 Å². The van der Waals surface area contributed by atoms with Crippen molar-refractivity contribution in [1.82, 2.24) is 0 Å². The molecule has 3 heteroatoms. The lowest BCUT2D eigenvalue weighted by atomic mass is 9.44. The number of carbonyl (C=O) groups excluding carboxylic acids is 1. The molecule has 1 aliphatic heterocycles. The molecule has 0 N–H and O–H groups in total. The third kappa shape index (κ3) is 2.50. The molecule has 0 bridgehead atoms. The monoisotopic (exact) mass is 356 g/mol. The summed E-state index contributed by atoms with van der Waals surface area (Å²) < 4.78 is 12.4. The van der Waals surface area contributed by atoms with Crippen molar-refractivity contribution >= 4 is 5.97 Å². The van der Waals surface area contributed by atoms with Gasteiger partial charge in [0, 0.05) is 18.3 Å². The molecule has 0 radical (unpaired) electrons. The van der Waals surface area contributed by atoms with Gasteiger partial charge in [0.2, 0.25) is 0 Å². The Morgan fingerprint density at radius 1 is 1.08 bits per heavy atom. The number of hydrogen-bond acceptors (Lipinski definition) is 3. The van der Waals surface area contributed by atoms with Crippen LogP contribution in [-0.2, 0) is 16.0 Å². The molecule has 0 saturated heterocycles. The SMILES string of the molecule is CC(=O)O[C@H]1CC[C@]2(C)[C@H]3Cc4ccccc4O[C@]3(C)CC[C@H]2C1(C)C. The van der Waals surface area contributed by atoms with Crippen LogP contribution in [0.4, 0.5) is 0 Å². The summed E-state index contributed by atoms with van der Waals surface area (Å²) in [4.78, 5) is 11.6. The van der Waals surface area contributed by atoms with Gasteiger partial charge in [-0.25, -0.2) is 0 Å². The van der Waals surface area contributed by atoms with Crippen LogP contribution in [0, 0.1) is 22.7 Å². The van der Waals surface area contributed by atoms with Gasteiger partial charge in [0.25, 0.3) is 0 Å². The summed E-state index contributed by atoms with van der Waals surface area (Å²) in [6.07, 6.45) is 5.38. The Kier molecular flexibility index (Phi) is 3.95. The quantitative estimate of drug-likeness (QED) is 0.652.